The van der Waals surface area contributed by atoms with Crippen LogP contribution < -0.4 is 5.32 Å². The molecule has 0 saturated heterocycles. The van der Waals surface area contributed by atoms with Gasteiger partial charge in [-0.05, 0) is 25.8 Å². The average molecular weight is 276 g/mol. The number of aliphatic hydroxyl groups excluding tert-OH is 1. The SMILES string of the molecule is Cc1nc(C(C)N[C@@H](CO)Cc2ccccc2)cs1. The fourth-order valence-corrected chi connectivity index (χ4v) is 2.80. The van der Waals surface area contributed by atoms with Crippen molar-refractivity contribution in [1.29, 1.82) is 0 Å². The maximum atomic E-state index is 9.51. The van der Waals surface area contributed by atoms with Crippen molar-refractivity contribution in [2.24, 2.45) is 0 Å². The van der Waals surface area contributed by atoms with Crippen LogP contribution in [0, 0.1) is 6.92 Å². The minimum atomic E-state index is 0.0550. The number of aryl methyl sites for hydroxylation is 1. The minimum absolute atomic E-state index is 0.0550. The summed E-state index contributed by atoms with van der Waals surface area (Å²) >= 11 is 1.66. The zero-order valence-corrected chi connectivity index (χ0v) is 12.2. The second kappa shape index (κ2) is 6.80. The van der Waals surface area contributed by atoms with Gasteiger partial charge in [-0.1, -0.05) is 30.3 Å². The first-order valence-electron chi connectivity index (χ1n) is 6.52. The highest BCUT2D eigenvalue weighted by atomic mass is 32.1. The number of benzene rings is 1. The van der Waals surface area contributed by atoms with Crippen LogP contribution in [0.3, 0.4) is 0 Å². The van der Waals surface area contributed by atoms with Crippen LogP contribution >= 0.6 is 11.3 Å². The van der Waals surface area contributed by atoms with E-state index in [-0.39, 0.29) is 18.7 Å². The zero-order chi connectivity index (χ0) is 13.7. The van der Waals surface area contributed by atoms with Crippen LogP contribution in [0.25, 0.3) is 0 Å². The third-order valence-electron chi connectivity index (χ3n) is 3.11. The van der Waals surface area contributed by atoms with E-state index >= 15 is 0 Å². The Morgan fingerprint density at radius 2 is 2.05 bits per heavy atom. The minimum Gasteiger partial charge on any atom is -0.395 e. The number of thiazole rings is 1. The van der Waals surface area contributed by atoms with Crippen LogP contribution in [0.4, 0.5) is 0 Å². The summed E-state index contributed by atoms with van der Waals surface area (Å²) in [6.07, 6.45) is 0.824. The lowest BCUT2D eigenvalue weighted by molar-refractivity contribution is 0.232. The monoisotopic (exact) mass is 276 g/mol. The maximum absolute atomic E-state index is 9.51. The van der Waals surface area contributed by atoms with Crippen molar-refractivity contribution in [3.63, 3.8) is 0 Å². The Morgan fingerprint density at radius 1 is 1.32 bits per heavy atom. The Morgan fingerprint density at radius 3 is 2.63 bits per heavy atom. The standard InChI is InChI=1S/C15H20N2OS/c1-11(15-10-19-12(2)17-15)16-14(9-18)8-13-6-4-3-5-7-13/h3-7,10-11,14,16,18H,8-9H2,1-2H3/t11?,14-/m1/s1. The lowest BCUT2D eigenvalue weighted by Gasteiger charge is -2.20. The van der Waals surface area contributed by atoms with E-state index in [1.54, 1.807) is 11.3 Å². The molecule has 2 aromatic rings. The molecule has 3 nitrogen and oxygen atoms in total. The molecule has 0 radical (unpaired) electrons. The molecular weight excluding hydrogens is 256 g/mol. The molecule has 102 valence electrons. The van der Waals surface area contributed by atoms with Crippen molar-refractivity contribution in [3.05, 3.63) is 52.0 Å². The predicted octanol–water partition coefficient (Wildman–Crippen LogP) is 2.71. The zero-order valence-electron chi connectivity index (χ0n) is 11.3. The number of rotatable bonds is 6. The lowest BCUT2D eigenvalue weighted by Crippen LogP contribution is -2.36. The highest BCUT2D eigenvalue weighted by Crippen LogP contribution is 2.17. The summed E-state index contributed by atoms with van der Waals surface area (Å²) in [5.41, 5.74) is 2.28. The van der Waals surface area contributed by atoms with Gasteiger partial charge in [0, 0.05) is 17.5 Å². The number of hydrogen-bond donors (Lipinski definition) is 2. The number of nitrogens with zero attached hydrogens (tertiary/aromatic N) is 1. The van der Waals surface area contributed by atoms with Gasteiger partial charge in [0.15, 0.2) is 0 Å². The van der Waals surface area contributed by atoms with E-state index in [9.17, 15) is 5.11 Å². The van der Waals surface area contributed by atoms with Crippen molar-refractivity contribution in [3.8, 4) is 0 Å². The van der Waals surface area contributed by atoms with Gasteiger partial charge < -0.3 is 10.4 Å². The van der Waals surface area contributed by atoms with E-state index in [1.807, 2.05) is 25.1 Å². The first-order chi connectivity index (χ1) is 9.19. The largest absolute Gasteiger partial charge is 0.395 e. The topological polar surface area (TPSA) is 45.2 Å². The summed E-state index contributed by atoms with van der Waals surface area (Å²) in [6, 6.07) is 10.4. The molecule has 2 N–H and O–H groups in total. The summed E-state index contributed by atoms with van der Waals surface area (Å²) in [5.74, 6) is 0. The van der Waals surface area contributed by atoms with Crippen molar-refractivity contribution >= 4 is 11.3 Å². The Hall–Kier alpha value is -1.23. The predicted molar refractivity (Wildman–Crippen MR) is 79.4 cm³/mol. The maximum Gasteiger partial charge on any atom is 0.0898 e. The molecular formula is C15H20N2OS. The van der Waals surface area contributed by atoms with Gasteiger partial charge in [0.25, 0.3) is 0 Å². The van der Waals surface area contributed by atoms with Gasteiger partial charge >= 0.3 is 0 Å². The summed E-state index contributed by atoms with van der Waals surface area (Å²) in [5, 5.41) is 16.1. The molecule has 19 heavy (non-hydrogen) atoms. The number of nitrogens with one attached hydrogen (secondary N) is 1. The Kier molecular flexibility index (Phi) is 5.07. The molecule has 1 aromatic heterocycles. The smallest absolute Gasteiger partial charge is 0.0898 e. The third kappa shape index (κ3) is 4.13. The van der Waals surface area contributed by atoms with Gasteiger partial charge in [-0.3, -0.25) is 0 Å². The van der Waals surface area contributed by atoms with Crippen LogP contribution in [0.15, 0.2) is 35.7 Å². The molecule has 2 atom stereocenters. The highest BCUT2D eigenvalue weighted by Gasteiger charge is 2.15. The molecule has 1 aromatic carbocycles. The van der Waals surface area contributed by atoms with Gasteiger partial charge in [-0.25, -0.2) is 4.98 Å². The molecule has 0 aliphatic carbocycles. The molecule has 1 heterocycles. The second-order valence-electron chi connectivity index (χ2n) is 4.75. The first kappa shape index (κ1) is 14.2. The normalized spacial score (nSPS) is 14.3. The second-order valence-corrected chi connectivity index (χ2v) is 5.81. The van der Waals surface area contributed by atoms with Crippen LogP contribution in [0.2, 0.25) is 0 Å². The van der Waals surface area contributed by atoms with E-state index in [1.165, 1.54) is 5.56 Å². The number of hydrogen-bond acceptors (Lipinski definition) is 4. The molecule has 0 saturated carbocycles. The van der Waals surface area contributed by atoms with E-state index in [4.69, 9.17) is 0 Å². The van der Waals surface area contributed by atoms with Gasteiger partial charge in [-0.2, -0.15) is 0 Å². The Bertz CT molecular complexity index is 498. The lowest BCUT2D eigenvalue weighted by atomic mass is 10.1. The molecule has 0 amide bonds. The fraction of sp³-hybridized carbons (Fsp3) is 0.400. The van der Waals surface area contributed by atoms with E-state index in [0.29, 0.717) is 0 Å². The van der Waals surface area contributed by atoms with Crippen molar-refractivity contribution in [2.45, 2.75) is 32.4 Å². The summed E-state index contributed by atoms with van der Waals surface area (Å²) < 4.78 is 0. The average Bonchev–Trinajstić information content (AvgIpc) is 2.86. The fourth-order valence-electron chi connectivity index (χ4n) is 2.09. The van der Waals surface area contributed by atoms with Crippen molar-refractivity contribution in [2.75, 3.05) is 6.61 Å². The third-order valence-corrected chi connectivity index (χ3v) is 3.90. The van der Waals surface area contributed by atoms with E-state index < -0.39 is 0 Å². The summed E-state index contributed by atoms with van der Waals surface area (Å²) in [4.78, 5) is 4.48. The molecule has 0 spiro atoms. The van der Waals surface area contributed by atoms with E-state index in [2.05, 4.69) is 34.7 Å². The van der Waals surface area contributed by atoms with Gasteiger partial charge in [0.1, 0.15) is 0 Å². The van der Waals surface area contributed by atoms with Crippen molar-refractivity contribution < 1.29 is 5.11 Å². The van der Waals surface area contributed by atoms with Gasteiger partial charge in [0.2, 0.25) is 0 Å². The van der Waals surface area contributed by atoms with Gasteiger partial charge in [0.05, 0.1) is 17.3 Å². The Labute approximate surface area is 118 Å². The number of aliphatic hydroxyl groups is 1. The van der Waals surface area contributed by atoms with Crippen LogP contribution in [-0.4, -0.2) is 22.7 Å². The van der Waals surface area contributed by atoms with Crippen LogP contribution in [0.1, 0.15) is 29.2 Å². The summed E-state index contributed by atoms with van der Waals surface area (Å²) in [7, 11) is 0. The molecule has 2 rings (SSSR count). The molecule has 4 heteroatoms. The van der Waals surface area contributed by atoms with Crippen LogP contribution in [-0.2, 0) is 6.42 Å². The van der Waals surface area contributed by atoms with Crippen LogP contribution in [0.5, 0.6) is 0 Å². The quantitative estimate of drug-likeness (QED) is 0.852. The Balaban J connectivity index is 1.95. The molecule has 0 aliphatic heterocycles. The molecule has 0 bridgehead atoms. The molecule has 0 fully saturated rings. The van der Waals surface area contributed by atoms with E-state index in [0.717, 1.165) is 17.1 Å². The van der Waals surface area contributed by atoms with Gasteiger partial charge in [-0.15, -0.1) is 11.3 Å². The first-order valence-corrected chi connectivity index (χ1v) is 7.40. The molecule has 1 unspecified atom stereocenters. The number of aromatic nitrogens is 1. The highest BCUT2D eigenvalue weighted by molar-refractivity contribution is 7.09. The molecule has 0 aliphatic rings. The van der Waals surface area contributed by atoms with Crippen molar-refractivity contribution in [1.82, 2.24) is 10.3 Å². The summed E-state index contributed by atoms with van der Waals surface area (Å²) in [6.45, 7) is 4.22.